The average molecular weight is 191 g/mol. The first-order chi connectivity index (χ1) is 5.22. The van der Waals surface area contributed by atoms with Gasteiger partial charge in [0.15, 0.2) is 0 Å². The van der Waals surface area contributed by atoms with Gasteiger partial charge in [-0.05, 0) is 13.0 Å². The quantitative estimate of drug-likeness (QED) is 0.594. The molecule has 0 aromatic rings. The van der Waals surface area contributed by atoms with Crippen LogP contribution in [0, 0.1) is 5.41 Å². The molecule has 0 saturated carbocycles. The number of rotatable bonds is 0. The molecule has 4 heteroatoms. The van der Waals surface area contributed by atoms with Gasteiger partial charge in [-0.1, -0.05) is 0 Å². The van der Waals surface area contributed by atoms with Crippen LogP contribution in [0.1, 0.15) is 13.3 Å². The predicted molar refractivity (Wildman–Crippen MR) is 49.4 cm³/mol. The van der Waals surface area contributed by atoms with Gasteiger partial charge >= 0.3 is 0 Å². The molecule has 1 N–H and O–H groups in total. The van der Waals surface area contributed by atoms with Gasteiger partial charge in [-0.2, -0.15) is 0 Å². The molecule has 2 heterocycles. The van der Waals surface area contributed by atoms with Crippen molar-refractivity contribution in [2.75, 3.05) is 26.2 Å². The molecular formula is C8H15ClN2O. The molecule has 12 heavy (non-hydrogen) atoms. The first-order valence-electron chi connectivity index (χ1n) is 4.18. The van der Waals surface area contributed by atoms with Crippen LogP contribution < -0.4 is 5.32 Å². The van der Waals surface area contributed by atoms with Crippen molar-refractivity contribution in [2.24, 2.45) is 5.41 Å². The van der Waals surface area contributed by atoms with E-state index >= 15 is 0 Å². The summed E-state index contributed by atoms with van der Waals surface area (Å²) in [6.45, 7) is 5.85. The number of amides is 1. The van der Waals surface area contributed by atoms with Crippen LogP contribution in [0.25, 0.3) is 0 Å². The smallest absolute Gasteiger partial charge is 0.219 e. The lowest BCUT2D eigenvalue weighted by atomic mass is 9.79. The molecule has 0 bridgehead atoms. The molecule has 2 aliphatic rings. The Morgan fingerprint density at radius 1 is 1.50 bits per heavy atom. The van der Waals surface area contributed by atoms with E-state index in [4.69, 9.17) is 0 Å². The van der Waals surface area contributed by atoms with Crippen molar-refractivity contribution in [3.8, 4) is 0 Å². The van der Waals surface area contributed by atoms with E-state index in [-0.39, 0.29) is 18.3 Å². The van der Waals surface area contributed by atoms with E-state index in [1.807, 2.05) is 4.90 Å². The van der Waals surface area contributed by atoms with Gasteiger partial charge in [0.1, 0.15) is 0 Å². The molecule has 0 unspecified atom stereocenters. The Hall–Kier alpha value is -0.280. The second kappa shape index (κ2) is 3.23. The first kappa shape index (κ1) is 9.81. The van der Waals surface area contributed by atoms with Crippen molar-refractivity contribution in [2.45, 2.75) is 13.3 Å². The molecule has 2 fully saturated rings. The molecule has 2 aliphatic heterocycles. The standard InChI is InChI=1S/C8H14N2O.ClH/c1-7(11)10-5-8(6-10)2-3-9-4-8;/h9H,2-6H2,1H3;1H. The van der Waals surface area contributed by atoms with Gasteiger partial charge in [0.2, 0.25) is 5.91 Å². The van der Waals surface area contributed by atoms with Crippen molar-refractivity contribution < 1.29 is 4.79 Å². The normalized spacial score (nSPS) is 24.9. The zero-order valence-electron chi connectivity index (χ0n) is 7.30. The van der Waals surface area contributed by atoms with E-state index in [2.05, 4.69) is 5.32 Å². The van der Waals surface area contributed by atoms with E-state index in [1.54, 1.807) is 6.92 Å². The number of nitrogens with zero attached hydrogens (tertiary/aromatic N) is 1. The van der Waals surface area contributed by atoms with Crippen LogP contribution in [-0.2, 0) is 4.79 Å². The highest BCUT2D eigenvalue weighted by atomic mass is 35.5. The summed E-state index contributed by atoms with van der Waals surface area (Å²) in [5.74, 6) is 0.225. The minimum atomic E-state index is 0. The fourth-order valence-corrected chi connectivity index (χ4v) is 2.05. The maximum Gasteiger partial charge on any atom is 0.219 e. The van der Waals surface area contributed by atoms with Crippen molar-refractivity contribution in [1.29, 1.82) is 0 Å². The van der Waals surface area contributed by atoms with Crippen molar-refractivity contribution >= 4 is 18.3 Å². The van der Waals surface area contributed by atoms with Gasteiger partial charge in [-0.25, -0.2) is 0 Å². The molecule has 0 aromatic heterocycles. The summed E-state index contributed by atoms with van der Waals surface area (Å²) in [6, 6.07) is 0. The van der Waals surface area contributed by atoms with Crippen LogP contribution in [0.5, 0.6) is 0 Å². The number of halogens is 1. The van der Waals surface area contributed by atoms with Crippen molar-refractivity contribution in [1.82, 2.24) is 10.2 Å². The second-order valence-electron chi connectivity index (χ2n) is 3.80. The molecule has 3 nitrogen and oxygen atoms in total. The van der Waals surface area contributed by atoms with E-state index in [9.17, 15) is 4.79 Å². The Morgan fingerprint density at radius 3 is 2.58 bits per heavy atom. The highest BCUT2D eigenvalue weighted by Gasteiger charge is 2.45. The van der Waals surface area contributed by atoms with Gasteiger partial charge in [-0.3, -0.25) is 4.79 Å². The largest absolute Gasteiger partial charge is 0.342 e. The Morgan fingerprint density at radius 2 is 2.17 bits per heavy atom. The molecule has 0 atom stereocenters. The molecule has 2 saturated heterocycles. The van der Waals surface area contributed by atoms with Gasteiger partial charge in [0.25, 0.3) is 0 Å². The third-order valence-corrected chi connectivity index (χ3v) is 2.83. The number of hydrogen-bond acceptors (Lipinski definition) is 2. The Labute approximate surface area is 78.9 Å². The molecular weight excluding hydrogens is 176 g/mol. The van der Waals surface area contributed by atoms with Gasteiger partial charge in [-0.15, -0.1) is 12.4 Å². The summed E-state index contributed by atoms with van der Waals surface area (Å²) in [4.78, 5) is 12.8. The zero-order chi connectivity index (χ0) is 7.90. The molecule has 0 radical (unpaired) electrons. The Balaban J connectivity index is 0.000000720. The number of nitrogens with one attached hydrogen (secondary N) is 1. The van der Waals surface area contributed by atoms with E-state index in [1.165, 1.54) is 6.42 Å². The minimum Gasteiger partial charge on any atom is -0.342 e. The van der Waals surface area contributed by atoms with Crippen molar-refractivity contribution in [3.63, 3.8) is 0 Å². The van der Waals surface area contributed by atoms with Gasteiger partial charge < -0.3 is 10.2 Å². The number of likely N-dealkylation sites (tertiary alicyclic amines) is 1. The van der Waals surface area contributed by atoms with Crippen LogP contribution in [0.15, 0.2) is 0 Å². The summed E-state index contributed by atoms with van der Waals surface area (Å²) in [7, 11) is 0. The summed E-state index contributed by atoms with van der Waals surface area (Å²) < 4.78 is 0. The van der Waals surface area contributed by atoms with E-state index < -0.39 is 0 Å². The maximum absolute atomic E-state index is 10.9. The lowest BCUT2D eigenvalue weighted by Crippen LogP contribution is -2.58. The lowest BCUT2D eigenvalue weighted by molar-refractivity contribution is -0.139. The Kier molecular flexibility index (Phi) is 2.64. The Bertz CT molecular complexity index is 181. The summed E-state index contributed by atoms with van der Waals surface area (Å²) >= 11 is 0. The molecule has 0 aliphatic carbocycles. The summed E-state index contributed by atoms with van der Waals surface area (Å²) in [6.07, 6.45) is 1.25. The molecule has 0 aromatic carbocycles. The fraction of sp³-hybridized carbons (Fsp3) is 0.875. The van der Waals surface area contributed by atoms with Crippen LogP contribution in [-0.4, -0.2) is 37.0 Å². The SMILES string of the molecule is CC(=O)N1CC2(CCNC2)C1.Cl. The molecule has 2 rings (SSSR count). The van der Waals surface area contributed by atoms with Crippen LogP contribution in [0.2, 0.25) is 0 Å². The highest BCUT2D eigenvalue weighted by Crippen LogP contribution is 2.35. The van der Waals surface area contributed by atoms with Crippen LogP contribution in [0.3, 0.4) is 0 Å². The molecule has 1 amide bonds. The third-order valence-electron chi connectivity index (χ3n) is 2.83. The zero-order valence-corrected chi connectivity index (χ0v) is 8.12. The van der Waals surface area contributed by atoms with E-state index in [0.717, 1.165) is 26.2 Å². The first-order valence-corrected chi connectivity index (χ1v) is 4.18. The number of hydrogen-bond donors (Lipinski definition) is 1. The third kappa shape index (κ3) is 1.43. The van der Waals surface area contributed by atoms with E-state index in [0.29, 0.717) is 5.41 Å². The van der Waals surface area contributed by atoms with Crippen LogP contribution in [0.4, 0.5) is 0 Å². The fourth-order valence-electron chi connectivity index (χ4n) is 2.05. The minimum absolute atomic E-state index is 0. The second-order valence-corrected chi connectivity index (χ2v) is 3.80. The topological polar surface area (TPSA) is 32.3 Å². The predicted octanol–water partition coefficient (Wildman–Crippen LogP) is 0.250. The van der Waals surface area contributed by atoms with Gasteiger partial charge in [0, 0.05) is 32.0 Å². The highest BCUT2D eigenvalue weighted by molar-refractivity contribution is 5.85. The average Bonchev–Trinajstić information content (AvgIpc) is 2.29. The van der Waals surface area contributed by atoms with Crippen molar-refractivity contribution in [3.05, 3.63) is 0 Å². The lowest BCUT2D eigenvalue weighted by Gasteiger charge is -2.47. The maximum atomic E-state index is 10.9. The molecule has 70 valence electrons. The number of carbonyl (C=O) groups excluding carboxylic acids is 1. The molecule has 1 spiro atoms. The summed E-state index contributed by atoms with van der Waals surface area (Å²) in [5.41, 5.74) is 0.464. The summed E-state index contributed by atoms with van der Waals surface area (Å²) in [5, 5.41) is 3.34. The monoisotopic (exact) mass is 190 g/mol. The number of carbonyl (C=O) groups is 1. The van der Waals surface area contributed by atoms with Crippen LogP contribution >= 0.6 is 12.4 Å². The van der Waals surface area contributed by atoms with Gasteiger partial charge in [0.05, 0.1) is 0 Å².